The summed E-state index contributed by atoms with van der Waals surface area (Å²) in [6.07, 6.45) is 0. The van der Waals surface area contributed by atoms with Gasteiger partial charge in [-0.15, -0.1) is 0 Å². The molecule has 0 aromatic carbocycles. The van der Waals surface area contributed by atoms with Gasteiger partial charge in [-0.3, -0.25) is 9.36 Å². The summed E-state index contributed by atoms with van der Waals surface area (Å²) in [5, 5.41) is 28.2. The molecule has 0 fully saturated rings. The Balaban J connectivity index is 0.000000224. The Bertz CT molecular complexity index is 746. The number of amidine groups is 1. The number of hydrogen-bond acceptors (Lipinski definition) is 5. The standard InChI is InChI=1S/C7H12N4O.C7H9N3/c1-4-5(2)9-11(3)6(4)7(8)10-12;1-5-6(2)9-10(3)7(5)4-8/h12H,1-3H3,(H2,8,10);1-3H3. The van der Waals surface area contributed by atoms with Gasteiger partial charge in [-0.1, -0.05) is 5.16 Å². The van der Waals surface area contributed by atoms with Crippen molar-refractivity contribution in [3.8, 4) is 6.07 Å². The molecule has 0 atom stereocenters. The first kappa shape index (κ1) is 17.2. The van der Waals surface area contributed by atoms with Crippen molar-refractivity contribution in [3.63, 3.8) is 0 Å². The summed E-state index contributed by atoms with van der Waals surface area (Å²) < 4.78 is 3.20. The number of aryl methyl sites for hydroxylation is 4. The highest BCUT2D eigenvalue weighted by Crippen LogP contribution is 2.10. The number of nitrogens with two attached hydrogens (primary N) is 1. The Kier molecular flexibility index (Phi) is 5.29. The largest absolute Gasteiger partial charge is 0.409 e. The molecule has 118 valence electrons. The van der Waals surface area contributed by atoms with Gasteiger partial charge >= 0.3 is 0 Å². The van der Waals surface area contributed by atoms with E-state index in [1.54, 1.807) is 23.5 Å². The molecule has 0 radical (unpaired) electrons. The quantitative estimate of drug-likeness (QED) is 0.353. The predicted octanol–water partition coefficient (Wildman–Crippen LogP) is 1.04. The van der Waals surface area contributed by atoms with E-state index < -0.39 is 0 Å². The summed E-state index contributed by atoms with van der Waals surface area (Å²) in [4.78, 5) is 0. The van der Waals surface area contributed by atoms with Gasteiger partial charge in [0.25, 0.3) is 0 Å². The van der Waals surface area contributed by atoms with Crippen molar-refractivity contribution < 1.29 is 5.21 Å². The molecule has 22 heavy (non-hydrogen) atoms. The lowest BCUT2D eigenvalue weighted by atomic mass is 10.2. The van der Waals surface area contributed by atoms with Gasteiger partial charge in [0.15, 0.2) is 5.84 Å². The fourth-order valence-electron chi connectivity index (χ4n) is 2.09. The van der Waals surface area contributed by atoms with Crippen molar-refractivity contribution in [1.82, 2.24) is 19.6 Å². The highest BCUT2D eigenvalue weighted by Gasteiger charge is 2.12. The molecule has 2 heterocycles. The van der Waals surface area contributed by atoms with Crippen LogP contribution in [0.2, 0.25) is 0 Å². The second kappa shape index (κ2) is 6.76. The van der Waals surface area contributed by atoms with E-state index in [0.717, 1.165) is 22.5 Å². The van der Waals surface area contributed by atoms with Gasteiger partial charge in [0.1, 0.15) is 17.5 Å². The molecule has 0 unspecified atom stereocenters. The Labute approximate surface area is 129 Å². The maximum absolute atomic E-state index is 8.60. The molecule has 8 heteroatoms. The van der Waals surface area contributed by atoms with Crippen LogP contribution in [0.15, 0.2) is 5.16 Å². The van der Waals surface area contributed by atoms with E-state index in [1.165, 1.54) is 0 Å². The van der Waals surface area contributed by atoms with Crippen LogP contribution in [0.4, 0.5) is 0 Å². The van der Waals surface area contributed by atoms with Gasteiger partial charge in [-0.05, 0) is 27.7 Å². The highest BCUT2D eigenvalue weighted by atomic mass is 16.4. The minimum Gasteiger partial charge on any atom is -0.409 e. The van der Waals surface area contributed by atoms with Crippen LogP contribution < -0.4 is 5.73 Å². The lowest BCUT2D eigenvalue weighted by molar-refractivity contribution is 0.318. The molecule has 0 saturated carbocycles. The molecule has 2 aromatic rings. The van der Waals surface area contributed by atoms with Crippen LogP contribution in [0.25, 0.3) is 0 Å². The minimum atomic E-state index is 0.0931. The highest BCUT2D eigenvalue weighted by molar-refractivity contribution is 5.96. The average molecular weight is 303 g/mol. The van der Waals surface area contributed by atoms with Crippen LogP contribution in [-0.4, -0.2) is 30.6 Å². The molecular weight excluding hydrogens is 282 g/mol. The van der Waals surface area contributed by atoms with E-state index in [1.807, 2.05) is 27.7 Å². The van der Waals surface area contributed by atoms with Crippen molar-refractivity contribution in [2.24, 2.45) is 25.0 Å². The van der Waals surface area contributed by atoms with E-state index in [4.69, 9.17) is 16.2 Å². The normalized spacial score (nSPS) is 10.9. The first-order chi connectivity index (χ1) is 10.2. The molecule has 8 nitrogen and oxygen atoms in total. The number of nitriles is 1. The summed E-state index contributed by atoms with van der Waals surface area (Å²) in [5.74, 6) is 0.0931. The molecule has 0 bridgehead atoms. The molecular formula is C14H21N7O. The number of nitrogens with zero attached hydrogens (tertiary/aromatic N) is 6. The molecule has 2 aromatic heterocycles. The first-order valence-corrected chi connectivity index (χ1v) is 6.62. The zero-order chi connectivity index (χ0) is 17.0. The maximum atomic E-state index is 8.60. The third kappa shape index (κ3) is 3.25. The van der Waals surface area contributed by atoms with Crippen molar-refractivity contribution >= 4 is 5.84 Å². The third-order valence-electron chi connectivity index (χ3n) is 3.50. The number of aromatic nitrogens is 4. The van der Waals surface area contributed by atoms with Crippen LogP contribution in [0.1, 0.15) is 33.9 Å². The van der Waals surface area contributed by atoms with E-state index >= 15 is 0 Å². The van der Waals surface area contributed by atoms with Crippen molar-refractivity contribution in [3.05, 3.63) is 33.9 Å². The topological polar surface area (TPSA) is 118 Å². The van der Waals surface area contributed by atoms with Crippen molar-refractivity contribution in [2.45, 2.75) is 27.7 Å². The fraction of sp³-hybridized carbons (Fsp3) is 0.429. The van der Waals surface area contributed by atoms with Crippen LogP contribution in [-0.2, 0) is 14.1 Å². The van der Waals surface area contributed by atoms with Gasteiger partial charge in [-0.2, -0.15) is 15.5 Å². The van der Waals surface area contributed by atoms with Crippen LogP contribution in [0, 0.1) is 39.0 Å². The lowest BCUT2D eigenvalue weighted by Gasteiger charge is -1.99. The Morgan fingerprint density at radius 3 is 1.86 bits per heavy atom. The molecule has 3 N–H and O–H groups in total. The molecule has 0 saturated heterocycles. The van der Waals surface area contributed by atoms with E-state index in [-0.39, 0.29) is 5.84 Å². The monoisotopic (exact) mass is 303 g/mol. The fourth-order valence-corrected chi connectivity index (χ4v) is 2.09. The molecule has 0 spiro atoms. The lowest BCUT2D eigenvalue weighted by Crippen LogP contribution is -2.18. The van der Waals surface area contributed by atoms with E-state index in [9.17, 15) is 0 Å². The molecule has 0 amide bonds. The van der Waals surface area contributed by atoms with Gasteiger partial charge in [0.2, 0.25) is 0 Å². The van der Waals surface area contributed by atoms with Gasteiger partial charge in [0.05, 0.1) is 11.4 Å². The van der Waals surface area contributed by atoms with Crippen LogP contribution in [0.5, 0.6) is 0 Å². The van der Waals surface area contributed by atoms with Crippen LogP contribution >= 0.6 is 0 Å². The summed E-state index contributed by atoms with van der Waals surface area (Å²) in [5.41, 5.74) is 10.5. The Morgan fingerprint density at radius 2 is 1.59 bits per heavy atom. The SMILES string of the molecule is Cc1nn(C)c(/C(N)=N/O)c1C.Cc1nn(C)c(C#N)c1C. The predicted molar refractivity (Wildman–Crippen MR) is 82.6 cm³/mol. The van der Waals surface area contributed by atoms with Gasteiger partial charge in [-0.25, -0.2) is 0 Å². The minimum absolute atomic E-state index is 0.0931. The molecule has 0 aliphatic rings. The van der Waals surface area contributed by atoms with E-state index in [2.05, 4.69) is 21.4 Å². The Hall–Kier alpha value is -2.82. The number of hydrogen-bond donors (Lipinski definition) is 2. The number of oxime groups is 1. The van der Waals surface area contributed by atoms with Gasteiger partial charge < -0.3 is 10.9 Å². The molecule has 0 aliphatic carbocycles. The first-order valence-electron chi connectivity index (χ1n) is 6.62. The summed E-state index contributed by atoms with van der Waals surface area (Å²) >= 11 is 0. The molecule has 0 aliphatic heterocycles. The van der Waals surface area contributed by atoms with Crippen LogP contribution in [0.3, 0.4) is 0 Å². The maximum Gasteiger partial charge on any atom is 0.188 e. The molecule has 2 rings (SSSR count). The third-order valence-corrected chi connectivity index (χ3v) is 3.50. The van der Waals surface area contributed by atoms with Crippen molar-refractivity contribution in [1.29, 1.82) is 5.26 Å². The number of rotatable bonds is 1. The zero-order valence-corrected chi connectivity index (χ0v) is 13.7. The average Bonchev–Trinajstić information content (AvgIpc) is 2.86. The zero-order valence-electron chi connectivity index (χ0n) is 13.7. The van der Waals surface area contributed by atoms with E-state index in [0.29, 0.717) is 11.4 Å². The Morgan fingerprint density at radius 1 is 1.09 bits per heavy atom. The summed E-state index contributed by atoms with van der Waals surface area (Å²) in [7, 11) is 3.53. The smallest absolute Gasteiger partial charge is 0.188 e. The second-order valence-corrected chi connectivity index (χ2v) is 4.96. The summed E-state index contributed by atoms with van der Waals surface area (Å²) in [6.45, 7) is 7.57. The van der Waals surface area contributed by atoms with Crippen molar-refractivity contribution in [2.75, 3.05) is 0 Å². The second-order valence-electron chi connectivity index (χ2n) is 4.96. The van der Waals surface area contributed by atoms with Gasteiger partial charge in [0, 0.05) is 25.2 Å². The summed E-state index contributed by atoms with van der Waals surface area (Å²) in [6, 6.07) is 2.08.